The highest BCUT2D eigenvalue weighted by Gasteiger charge is 2.21. The number of allylic oxidation sites excluding steroid dienone is 1. The molecule has 0 nitrogen and oxygen atoms in total. The standard InChI is InChI=1S/C10H19Cl/c1-5-6-10(4,8-11)7-9(2)3/h2,5-8H2,1,3-4H3. The topological polar surface area (TPSA) is 0 Å². The molecular formula is C10H19Cl. The summed E-state index contributed by atoms with van der Waals surface area (Å²) in [6.45, 7) is 10.4. The van der Waals surface area contributed by atoms with Gasteiger partial charge in [-0.1, -0.05) is 25.8 Å². The Hall–Kier alpha value is 0.0300. The summed E-state index contributed by atoms with van der Waals surface area (Å²) in [5.74, 6) is 0.744. The third-order valence-electron chi connectivity index (χ3n) is 1.90. The van der Waals surface area contributed by atoms with E-state index in [0.29, 0.717) is 0 Å². The van der Waals surface area contributed by atoms with E-state index in [0.717, 1.165) is 12.3 Å². The first kappa shape index (κ1) is 11.0. The van der Waals surface area contributed by atoms with Crippen LogP contribution >= 0.6 is 11.6 Å². The van der Waals surface area contributed by atoms with Gasteiger partial charge in [-0.2, -0.15) is 0 Å². The van der Waals surface area contributed by atoms with Gasteiger partial charge >= 0.3 is 0 Å². The maximum absolute atomic E-state index is 5.89. The monoisotopic (exact) mass is 174 g/mol. The Morgan fingerprint density at radius 2 is 2.09 bits per heavy atom. The molecule has 0 radical (unpaired) electrons. The lowest BCUT2D eigenvalue weighted by Crippen LogP contribution is -2.18. The molecule has 0 fully saturated rings. The molecule has 1 atom stereocenters. The summed E-state index contributed by atoms with van der Waals surface area (Å²) in [5, 5.41) is 0. The van der Waals surface area contributed by atoms with Crippen LogP contribution in [0.1, 0.15) is 40.0 Å². The molecule has 0 aromatic rings. The second kappa shape index (κ2) is 4.82. The van der Waals surface area contributed by atoms with Crippen molar-refractivity contribution in [2.24, 2.45) is 5.41 Å². The molecule has 0 saturated heterocycles. The lowest BCUT2D eigenvalue weighted by Gasteiger charge is -2.26. The van der Waals surface area contributed by atoms with E-state index >= 15 is 0 Å². The number of hydrogen-bond acceptors (Lipinski definition) is 0. The predicted molar refractivity (Wildman–Crippen MR) is 53.2 cm³/mol. The van der Waals surface area contributed by atoms with Crippen molar-refractivity contribution < 1.29 is 0 Å². The number of rotatable bonds is 5. The highest BCUT2D eigenvalue weighted by atomic mass is 35.5. The molecular weight excluding hydrogens is 156 g/mol. The summed E-state index contributed by atoms with van der Waals surface area (Å²) < 4.78 is 0. The molecule has 1 heteroatoms. The van der Waals surface area contributed by atoms with Crippen molar-refractivity contribution >= 4 is 11.6 Å². The van der Waals surface area contributed by atoms with Gasteiger partial charge in [-0.15, -0.1) is 18.2 Å². The van der Waals surface area contributed by atoms with Crippen LogP contribution in [-0.2, 0) is 0 Å². The van der Waals surface area contributed by atoms with E-state index in [1.807, 2.05) is 0 Å². The van der Waals surface area contributed by atoms with E-state index in [-0.39, 0.29) is 5.41 Å². The Morgan fingerprint density at radius 3 is 2.36 bits per heavy atom. The van der Waals surface area contributed by atoms with E-state index in [1.165, 1.54) is 18.4 Å². The van der Waals surface area contributed by atoms with E-state index in [4.69, 9.17) is 11.6 Å². The first-order valence-electron chi connectivity index (χ1n) is 4.24. The zero-order valence-corrected chi connectivity index (χ0v) is 8.67. The number of halogens is 1. The Kier molecular flexibility index (Phi) is 4.83. The summed E-state index contributed by atoms with van der Waals surface area (Å²) in [7, 11) is 0. The van der Waals surface area contributed by atoms with Crippen LogP contribution in [0, 0.1) is 5.41 Å². The third kappa shape index (κ3) is 4.47. The molecule has 0 aromatic heterocycles. The van der Waals surface area contributed by atoms with Crippen LogP contribution in [0.4, 0.5) is 0 Å². The van der Waals surface area contributed by atoms with Gasteiger partial charge in [-0.25, -0.2) is 0 Å². The molecule has 0 spiro atoms. The fraction of sp³-hybridized carbons (Fsp3) is 0.800. The van der Waals surface area contributed by atoms with Crippen molar-refractivity contribution in [3.8, 4) is 0 Å². The maximum Gasteiger partial charge on any atom is 0.0280 e. The smallest absolute Gasteiger partial charge is 0.0280 e. The quantitative estimate of drug-likeness (QED) is 0.437. The Labute approximate surface area is 75.6 Å². The van der Waals surface area contributed by atoms with Crippen molar-refractivity contribution in [3.63, 3.8) is 0 Å². The molecule has 0 rings (SSSR count). The fourth-order valence-corrected chi connectivity index (χ4v) is 1.76. The minimum Gasteiger partial charge on any atom is -0.126 e. The second-order valence-electron chi connectivity index (χ2n) is 3.83. The second-order valence-corrected chi connectivity index (χ2v) is 4.10. The van der Waals surface area contributed by atoms with Gasteiger partial charge < -0.3 is 0 Å². The first-order valence-corrected chi connectivity index (χ1v) is 4.78. The largest absolute Gasteiger partial charge is 0.126 e. The molecule has 0 heterocycles. The molecule has 66 valence electrons. The van der Waals surface area contributed by atoms with Gasteiger partial charge in [0.15, 0.2) is 0 Å². The average Bonchev–Trinajstić information content (AvgIpc) is 1.87. The van der Waals surface area contributed by atoms with Crippen molar-refractivity contribution in [2.45, 2.75) is 40.0 Å². The van der Waals surface area contributed by atoms with Gasteiger partial charge in [0.05, 0.1) is 0 Å². The van der Waals surface area contributed by atoms with Gasteiger partial charge in [0.25, 0.3) is 0 Å². The van der Waals surface area contributed by atoms with Crippen LogP contribution in [0.15, 0.2) is 12.2 Å². The van der Waals surface area contributed by atoms with Crippen LogP contribution in [0.25, 0.3) is 0 Å². The lowest BCUT2D eigenvalue weighted by atomic mass is 9.82. The molecule has 11 heavy (non-hydrogen) atoms. The Morgan fingerprint density at radius 1 is 1.55 bits per heavy atom. The van der Waals surface area contributed by atoms with Crippen molar-refractivity contribution in [3.05, 3.63) is 12.2 Å². The van der Waals surface area contributed by atoms with Crippen LogP contribution in [0.3, 0.4) is 0 Å². The lowest BCUT2D eigenvalue weighted by molar-refractivity contribution is 0.334. The number of alkyl halides is 1. The summed E-state index contributed by atoms with van der Waals surface area (Å²) >= 11 is 5.89. The van der Waals surface area contributed by atoms with Gasteiger partial charge in [0.2, 0.25) is 0 Å². The minimum atomic E-state index is 0.280. The highest BCUT2D eigenvalue weighted by Crippen LogP contribution is 2.31. The maximum atomic E-state index is 5.89. The fourth-order valence-electron chi connectivity index (χ4n) is 1.53. The van der Waals surface area contributed by atoms with E-state index in [9.17, 15) is 0 Å². The molecule has 0 aliphatic carbocycles. The summed E-state index contributed by atoms with van der Waals surface area (Å²) in [6, 6.07) is 0. The highest BCUT2D eigenvalue weighted by molar-refractivity contribution is 6.18. The van der Waals surface area contributed by atoms with Crippen LogP contribution in [-0.4, -0.2) is 5.88 Å². The molecule has 0 bridgehead atoms. The van der Waals surface area contributed by atoms with Gasteiger partial charge in [0, 0.05) is 5.88 Å². The Balaban J connectivity index is 3.98. The van der Waals surface area contributed by atoms with Crippen molar-refractivity contribution in [1.82, 2.24) is 0 Å². The zero-order chi connectivity index (χ0) is 8.91. The molecule has 0 aromatic carbocycles. The summed E-state index contributed by atoms with van der Waals surface area (Å²) in [4.78, 5) is 0. The molecule has 0 N–H and O–H groups in total. The molecule has 0 amide bonds. The SMILES string of the molecule is C=C(C)CC(C)(CCl)CCC. The first-order chi connectivity index (χ1) is 5.04. The van der Waals surface area contributed by atoms with E-state index < -0.39 is 0 Å². The third-order valence-corrected chi connectivity index (χ3v) is 2.55. The van der Waals surface area contributed by atoms with Crippen LogP contribution < -0.4 is 0 Å². The average molecular weight is 175 g/mol. The van der Waals surface area contributed by atoms with Crippen molar-refractivity contribution in [1.29, 1.82) is 0 Å². The van der Waals surface area contributed by atoms with Gasteiger partial charge in [-0.3, -0.25) is 0 Å². The zero-order valence-electron chi connectivity index (χ0n) is 7.91. The van der Waals surface area contributed by atoms with E-state index in [1.54, 1.807) is 0 Å². The molecule has 1 unspecified atom stereocenters. The Bertz CT molecular complexity index is 129. The van der Waals surface area contributed by atoms with Crippen LogP contribution in [0.5, 0.6) is 0 Å². The number of hydrogen-bond donors (Lipinski definition) is 0. The predicted octanol–water partition coefficient (Wildman–Crippen LogP) is 4.00. The summed E-state index contributed by atoms with van der Waals surface area (Å²) in [6.07, 6.45) is 3.46. The van der Waals surface area contributed by atoms with E-state index in [2.05, 4.69) is 27.4 Å². The molecule has 0 aliphatic heterocycles. The minimum absolute atomic E-state index is 0.280. The van der Waals surface area contributed by atoms with Gasteiger partial charge in [0.1, 0.15) is 0 Å². The molecule has 0 saturated carbocycles. The van der Waals surface area contributed by atoms with Crippen molar-refractivity contribution in [2.75, 3.05) is 5.88 Å². The normalized spacial score (nSPS) is 16.0. The van der Waals surface area contributed by atoms with Gasteiger partial charge in [-0.05, 0) is 25.2 Å². The van der Waals surface area contributed by atoms with Crippen LogP contribution in [0.2, 0.25) is 0 Å². The summed E-state index contributed by atoms with van der Waals surface area (Å²) in [5.41, 5.74) is 1.52. The molecule has 0 aliphatic rings.